The molecule has 1 saturated heterocycles. The second-order valence-corrected chi connectivity index (χ2v) is 3.35. The van der Waals surface area contributed by atoms with E-state index >= 15 is 0 Å². The van der Waals surface area contributed by atoms with Crippen LogP contribution >= 0.6 is 0 Å². The van der Waals surface area contributed by atoms with Gasteiger partial charge in [0.2, 0.25) is 5.88 Å². The first-order valence-electron chi connectivity index (χ1n) is 4.65. The fourth-order valence-corrected chi connectivity index (χ4v) is 1.48. The maximum absolute atomic E-state index is 5.68. The van der Waals surface area contributed by atoms with E-state index in [-0.39, 0.29) is 0 Å². The molecule has 1 fully saturated rings. The third kappa shape index (κ3) is 2.18. The van der Waals surface area contributed by atoms with Crippen LogP contribution in [-0.4, -0.2) is 24.2 Å². The molecule has 1 N–H and O–H groups in total. The smallest absolute Gasteiger partial charge is 0.213 e. The number of nitrogens with one attached hydrogen (secondary N) is 1. The zero-order valence-electron chi connectivity index (χ0n) is 7.79. The van der Waals surface area contributed by atoms with Gasteiger partial charge in [-0.3, -0.25) is 0 Å². The van der Waals surface area contributed by atoms with Gasteiger partial charge in [0.1, 0.15) is 6.10 Å². The Morgan fingerprint density at radius 2 is 2.46 bits per heavy atom. The highest BCUT2D eigenvalue weighted by Crippen LogP contribution is 2.12. The van der Waals surface area contributed by atoms with Crippen molar-refractivity contribution in [3.05, 3.63) is 23.9 Å². The minimum absolute atomic E-state index is 0.300. The first kappa shape index (κ1) is 8.51. The molecule has 0 bridgehead atoms. The standard InChI is InChI=1S/C10H14N2O/c1-8-3-2-4-10(12-8)13-9-5-6-11-7-9/h2-4,9,11H,5-7H2,1H3/t9-/m1/s1. The molecular formula is C10H14N2O. The third-order valence-corrected chi connectivity index (χ3v) is 2.17. The Kier molecular flexibility index (Phi) is 2.45. The first-order chi connectivity index (χ1) is 6.34. The van der Waals surface area contributed by atoms with Crippen LogP contribution in [0, 0.1) is 6.92 Å². The first-order valence-corrected chi connectivity index (χ1v) is 4.65. The average Bonchev–Trinajstić information content (AvgIpc) is 2.57. The summed E-state index contributed by atoms with van der Waals surface area (Å²) < 4.78 is 5.68. The van der Waals surface area contributed by atoms with Crippen LogP contribution in [-0.2, 0) is 0 Å². The van der Waals surface area contributed by atoms with Gasteiger partial charge in [0, 0.05) is 18.3 Å². The number of rotatable bonds is 2. The van der Waals surface area contributed by atoms with E-state index in [0.717, 1.165) is 31.1 Å². The molecule has 13 heavy (non-hydrogen) atoms. The molecule has 1 atom stereocenters. The van der Waals surface area contributed by atoms with E-state index in [2.05, 4.69) is 10.3 Å². The highest BCUT2D eigenvalue weighted by molar-refractivity contribution is 5.15. The molecule has 0 amide bonds. The predicted molar refractivity (Wildman–Crippen MR) is 50.9 cm³/mol. The lowest BCUT2D eigenvalue weighted by Gasteiger charge is -2.11. The Balaban J connectivity index is 2.00. The number of nitrogens with zero attached hydrogens (tertiary/aromatic N) is 1. The monoisotopic (exact) mass is 178 g/mol. The van der Waals surface area contributed by atoms with Gasteiger partial charge in [-0.05, 0) is 26.0 Å². The molecule has 1 aliphatic heterocycles. The van der Waals surface area contributed by atoms with Gasteiger partial charge < -0.3 is 10.1 Å². The summed E-state index contributed by atoms with van der Waals surface area (Å²) in [4.78, 5) is 4.29. The van der Waals surface area contributed by atoms with Crippen LogP contribution in [0.1, 0.15) is 12.1 Å². The lowest BCUT2D eigenvalue weighted by Crippen LogP contribution is -2.20. The molecule has 1 aromatic heterocycles. The molecule has 0 unspecified atom stereocenters. The normalized spacial score (nSPS) is 21.8. The Morgan fingerprint density at radius 3 is 3.15 bits per heavy atom. The SMILES string of the molecule is Cc1cccc(O[C@@H]2CCNC2)n1. The summed E-state index contributed by atoms with van der Waals surface area (Å²) in [5, 5.41) is 3.25. The zero-order chi connectivity index (χ0) is 9.10. The van der Waals surface area contributed by atoms with Crippen molar-refractivity contribution in [1.82, 2.24) is 10.3 Å². The van der Waals surface area contributed by atoms with Crippen LogP contribution in [0.5, 0.6) is 5.88 Å². The van der Waals surface area contributed by atoms with Crippen LogP contribution in [0.4, 0.5) is 0 Å². The summed E-state index contributed by atoms with van der Waals surface area (Å²) in [6, 6.07) is 5.85. The molecule has 1 aromatic rings. The van der Waals surface area contributed by atoms with E-state index in [4.69, 9.17) is 4.74 Å². The molecule has 70 valence electrons. The fourth-order valence-electron chi connectivity index (χ4n) is 1.48. The Morgan fingerprint density at radius 1 is 1.54 bits per heavy atom. The van der Waals surface area contributed by atoms with E-state index in [1.807, 2.05) is 25.1 Å². The third-order valence-electron chi connectivity index (χ3n) is 2.17. The van der Waals surface area contributed by atoms with Crippen LogP contribution < -0.4 is 10.1 Å². The lowest BCUT2D eigenvalue weighted by molar-refractivity contribution is 0.213. The van der Waals surface area contributed by atoms with Crippen LogP contribution in [0.25, 0.3) is 0 Å². The van der Waals surface area contributed by atoms with Gasteiger partial charge in [0.05, 0.1) is 0 Å². The molecule has 3 heteroatoms. The predicted octanol–water partition coefficient (Wildman–Crippen LogP) is 1.13. The van der Waals surface area contributed by atoms with Crippen LogP contribution in [0.15, 0.2) is 18.2 Å². The summed E-state index contributed by atoms with van der Waals surface area (Å²) in [6.07, 6.45) is 1.38. The van der Waals surface area contributed by atoms with Gasteiger partial charge >= 0.3 is 0 Å². The minimum Gasteiger partial charge on any atom is -0.473 e. The number of hydrogen-bond donors (Lipinski definition) is 1. The number of pyridine rings is 1. The molecule has 2 heterocycles. The molecule has 1 aliphatic rings. The number of aromatic nitrogens is 1. The fraction of sp³-hybridized carbons (Fsp3) is 0.500. The van der Waals surface area contributed by atoms with Crippen molar-refractivity contribution in [2.24, 2.45) is 0 Å². The summed E-state index contributed by atoms with van der Waals surface area (Å²) in [7, 11) is 0. The number of ether oxygens (including phenoxy) is 1. The van der Waals surface area contributed by atoms with E-state index in [9.17, 15) is 0 Å². The Hall–Kier alpha value is -1.09. The van der Waals surface area contributed by atoms with E-state index in [1.54, 1.807) is 0 Å². The van der Waals surface area contributed by atoms with Crippen molar-refractivity contribution in [2.75, 3.05) is 13.1 Å². The number of aryl methyl sites for hydroxylation is 1. The Labute approximate surface area is 78.1 Å². The number of hydrogen-bond acceptors (Lipinski definition) is 3. The summed E-state index contributed by atoms with van der Waals surface area (Å²) in [6.45, 7) is 3.96. The summed E-state index contributed by atoms with van der Waals surface area (Å²) in [5.74, 6) is 0.744. The molecule has 0 radical (unpaired) electrons. The van der Waals surface area contributed by atoms with Crippen LogP contribution in [0.2, 0.25) is 0 Å². The highest BCUT2D eigenvalue weighted by atomic mass is 16.5. The maximum Gasteiger partial charge on any atom is 0.213 e. The topological polar surface area (TPSA) is 34.1 Å². The van der Waals surface area contributed by atoms with Crippen molar-refractivity contribution in [1.29, 1.82) is 0 Å². The molecular weight excluding hydrogens is 164 g/mol. The molecule has 0 saturated carbocycles. The van der Waals surface area contributed by atoms with Gasteiger partial charge in [-0.2, -0.15) is 0 Å². The van der Waals surface area contributed by atoms with Crippen molar-refractivity contribution in [3.8, 4) is 5.88 Å². The van der Waals surface area contributed by atoms with Gasteiger partial charge in [0.15, 0.2) is 0 Å². The molecule has 3 nitrogen and oxygen atoms in total. The van der Waals surface area contributed by atoms with Gasteiger partial charge in [-0.25, -0.2) is 4.98 Å². The maximum atomic E-state index is 5.68. The minimum atomic E-state index is 0.300. The second kappa shape index (κ2) is 3.75. The highest BCUT2D eigenvalue weighted by Gasteiger charge is 2.15. The Bertz CT molecular complexity index is 282. The molecule has 0 aliphatic carbocycles. The van der Waals surface area contributed by atoms with Crippen molar-refractivity contribution >= 4 is 0 Å². The van der Waals surface area contributed by atoms with Gasteiger partial charge in [-0.15, -0.1) is 0 Å². The van der Waals surface area contributed by atoms with Crippen LogP contribution in [0.3, 0.4) is 0 Å². The van der Waals surface area contributed by atoms with Crippen molar-refractivity contribution in [3.63, 3.8) is 0 Å². The quantitative estimate of drug-likeness (QED) is 0.737. The zero-order valence-corrected chi connectivity index (χ0v) is 7.79. The van der Waals surface area contributed by atoms with Crippen molar-refractivity contribution in [2.45, 2.75) is 19.4 Å². The van der Waals surface area contributed by atoms with Crippen molar-refractivity contribution < 1.29 is 4.74 Å². The lowest BCUT2D eigenvalue weighted by atomic mass is 10.3. The summed E-state index contributed by atoms with van der Waals surface area (Å²) in [5.41, 5.74) is 1.00. The molecule has 0 aromatic carbocycles. The molecule has 2 rings (SSSR count). The van der Waals surface area contributed by atoms with E-state index in [1.165, 1.54) is 0 Å². The van der Waals surface area contributed by atoms with E-state index in [0.29, 0.717) is 6.10 Å². The van der Waals surface area contributed by atoms with Gasteiger partial charge in [0.25, 0.3) is 0 Å². The average molecular weight is 178 g/mol. The van der Waals surface area contributed by atoms with Gasteiger partial charge in [-0.1, -0.05) is 6.07 Å². The second-order valence-electron chi connectivity index (χ2n) is 3.35. The van der Waals surface area contributed by atoms with E-state index < -0.39 is 0 Å². The largest absolute Gasteiger partial charge is 0.473 e. The molecule has 0 spiro atoms. The summed E-state index contributed by atoms with van der Waals surface area (Å²) >= 11 is 0.